The first-order chi connectivity index (χ1) is 12.4. The highest BCUT2D eigenvalue weighted by Gasteiger charge is 2.53. The van der Waals surface area contributed by atoms with Crippen molar-refractivity contribution in [3.8, 4) is 0 Å². The number of nitrogens with one attached hydrogen (secondary N) is 2. The minimum absolute atomic E-state index is 0.312. The standard InChI is InChI=1S/C20H22N4S2/c1-13-5-9-15(10-6-13)17-21-23-19(3,25-17)20(4)24-22-18(26-20)16-11-7-14(2)8-12-16/h5-12,23-24H,1-4H3. The molecule has 2 aliphatic heterocycles. The summed E-state index contributed by atoms with van der Waals surface area (Å²) in [6.45, 7) is 8.55. The van der Waals surface area contributed by atoms with Crippen LogP contribution in [0.25, 0.3) is 0 Å². The molecule has 2 aromatic carbocycles. The second kappa shape index (κ2) is 6.35. The van der Waals surface area contributed by atoms with Gasteiger partial charge >= 0.3 is 0 Å². The lowest BCUT2D eigenvalue weighted by molar-refractivity contribution is 0.366. The van der Waals surface area contributed by atoms with E-state index in [9.17, 15) is 0 Å². The van der Waals surface area contributed by atoms with Crippen molar-refractivity contribution in [2.75, 3.05) is 0 Å². The van der Waals surface area contributed by atoms with E-state index < -0.39 is 0 Å². The Morgan fingerprint density at radius 1 is 0.654 bits per heavy atom. The Hall–Kier alpha value is -1.92. The van der Waals surface area contributed by atoms with Gasteiger partial charge in [-0.2, -0.15) is 10.2 Å². The summed E-state index contributed by atoms with van der Waals surface area (Å²) in [6, 6.07) is 17.0. The second-order valence-electron chi connectivity index (χ2n) is 7.06. The quantitative estimate of drug-likeness (QED) is 0.824. The molecule has 4 nitrogen and oxygen atoms in total. The molecule has 0 saturated heterocycles. The molecular formula is C20H22N4S2. The van der Waals surface area contributed by atoms with Crippen LogP contribution >= 0.6 is 23.5 Å². The Morgan fingerprint density at radius 2 is 1.00 bits per heavy atom. The zero-order valence-corrected chi connectivity index (χ0v) is 17.0. The Morgan fingerprint density at radius 3 is 1.35 bits per heavy atom. The van der Waals surface area contributed by atoms with Crippen LogP contribution in [-0.2, 0) is 0 Å². The number of rotatable bonds is 3. The molecule has 0 spiro atoms. The molecule has 26 heavy (non-hydrogen) atoms. The number of aryl methyl sites for hydroxylation is 2. The molecule has 0 fully saturated rings. The van der Waals surface area contributed by atoms with Crippen molar-refractivity contribution >= 4 is 33.6 Å². The molecule has 6 heteroatoms. The number of hydrogen-bond donors (Lipinski definition) is 2. The maximum absolute atomic E-state index is 4.61. The Labute approximate surface area is 162 Å². The van der Waals surface area contributed by atoms with E-state index in [1.807, 2.05) is 0 Å². The molecule has 0 radical (unpaired) electrons. The van der Waals surface area contributed by atoms with E-state index in [1.54, 1.807) is 23.5 Å². The first-order valence-corrected chi connectivity index (χ1v) is 10.2. The third kappa shape index (κ3) is 3.01. The summed E-state index contributed by atoms with van der Waals surface area (Å²) in [4.78, 5) is -0.623. The van der Waals surface area contributed by atoms with Gasteiger partial charge in [0.1, 0.15) is 19.8 Å². The fourth-order valence-electron chi connectivity index (χ4n) is 2.84. The van der Waals surface area contributed by atoms with Crippen molar-refractivity contribution in [2.45, 2.75) is 37.4 Å². The lowest BCUT2D eigenvalue weighted by atomic mass is 10.2. The smallest absolute Gasteiger partial charge is 0.137 e. The summed E-state index contributed by atoms with van der Waals surface area (Å²) in [6.07, 6.45) is 0. The van der Waals surface area contributed by atoms with Crippen LogP contribution < -0.4 is 10.9 Å². The van der Waals surface area contributed by atoms with Crippen LogP contribution in [0.5, 0.6) is 0 Å². The van der Waals surface area contributed by atoms with Gasteiger partial charge in [0.05, 0.1) is 0 Å². The van der Waals surface area contributed by atoms with Crippen molar-refractivity contribution in [1.29, 1.82) is 0 Å². The molecule has 2 heterocycles. The van der Waals surface area contributed by atoms with E-state index in [0.717, 1.165) is 21.2 Å². The minimum atomic E-state index is -0.312. The zero-order valence-electron chi connectivity index (χ0n) is 15.3. The Kier molecular flexibility index (Phi) is 4.28. The highest BCUT2D eigenvalue weighted by Crippen LogP contribution is 2.48. The van der Waals surface area contributed by atoms with Crippen LogP contribution in [0, 0.1) is 13.8 Å². The first-order valence-electron chi connectivity index (χ1n) is 8.60. The predicted molar refractivity (Wildman–Crippen MR) is 114 cm³/mol. The van der Waals surface area contributed by atoms with E-state index in [0.29, 0.717) is 0 Å². The van der Waals surface area contributed by atoms with E-state index in [4.69, 9.17) is 0 Å². The Bertz CT molecular complexity index is 814. The van der Waals surface area contributed by atoms with Gasteiger partial charge < -0.3 is 0 Å². The van der Waals surface area contributed by atoms with Gasteiger partial charge in [-0.05, 0) is 27.7 Å². The molecular weight excluding hydrogens is 360 g/mol. The van der Waals surface area contributed by atoms with E-state index >= 15 is 0 Å². The van der Waals surface area contributed by atoms with Crippen LogP contribution in [0.4, 0.5) is 0 Å². The van der Waals surface area contributed by atoms with E-state index in [1.165, 1.54) is 11.1 Å². The largest absolute Gasteiger partial charge is 0.289 e. The molecule has 134 valence electrons. The van der Waals surface area contributed by atoms with Crippen molar-refractivity contribution in [1.82, 2.24) is 10.9 Å². The summed E-state index contributed by atoms with van der Waals surface area (Å²) in [5, 5.41) is 11.3. The van der Waals surface area contributed by atoms with Gasteiger partial charge in [-0.1, -0.05) is 83.2 Å². The van der Waals surface area contributed by atoms with Crippen LogP contribution in [0.3, 0.4) is 0 Å². The van der Waals surface area contributed by atoms with Crippen LogP contribution in [-0.4, -0.2) is 19.8 Å². The van der Waals surface area contributed by atoms with Crippen molar-refractivity contribution in [2.24, 2.45) is 10.2 Å². The first kappa shape index (κ1) is 17.5. The lowest BCUT2D eigenvalue weighted by Gasteiger charge is -2.38. The summed E-state index contributed by atoms with van der Waals surface area (Å²) < 4.78 is 0. The fraction of sp³-hybridized carbons (Fsp3) is 0.300. The van der Waals surface area contributed by atoms with Gasteiger partial charge in [0, 0.05) is 11.1 Å². The average Bonchev–Trinajstić information content (AvgIpc) is 3.22. The number of benzene rings is 2. The number of hydrazone groups is 2. The molecule has 2 N–H and O–H groups in total. The summed E-state index contributed by atoms with van der Waals surface area (Å²) in [5.41, 5.74) is 11.5. The number of thioether (sulfide) groups is 2. The number of nitrogens with zero attached hydrogens (tertiary/aromatic N) is 2. The summed E-state index contributed by atoms with van der Waals surface area (Å²) in [7, 11) is 0. The van der Waals surface area contributed by atoms with Gasteiger partial charge in [-0.3, -0.25) is 10.9 Å². The Balaban J connectivity index is 1.51. The van der Waals surface area contributed by atoms with Crippen molar-refractivity contribution < 1.29 is 0 Å². The van der Waals surface area contributed by atoms with Crippen molar-refractivity contribution in [3.05, 3.63) is 70.8 Å². The summed E-state index contributed by atoms with van der Waals surface area (Å²) in [5.74, 6) is 0. The van der Waals surface area contributed by atoms with E-state index in [2.05, 4.69) is 97.3 Å². The molecule has 2 aliphatic rings. The van der Waals surface area contributed by atoms with Crippen LogP contribution in [0.15, 0.2) is 58.7 Å². The maximum Gasteiger partial charge on any atom is 0.137 e. The molecule has 2 unspecified atom stereocenters. The van der Waals surface area contributed by atoms with Gasteiger partial charge in [-0.15, -0.1) is 0 Å². The van der Waals surface area contributed by atoms with Crippen LogP contribution in [0.2, 0.25) is 0 Å². The summed E-state index contributed by atoms with van der Waals surface area (Å²) >= 11 is 3.50. The molecule has 4 rings (SSSR count). The van der Waals surface area contributed by atoms with Gasteiger partial charge in [-0.25, -0.2) is 0 Å². The lowest BCUT2D eigenvalue weighted by Crippen LogP contribution is -2.57. The molecule has 2 aromatic rings. The molecule has 0 aromatic heterocycles. The third-order valence-corrected chi connectivity index (χ3v) is 7.84. The molecule has 0 saturated carbocycles. The zero-order chi connectivity index (χ0) is 18.4. The second-order valence-corrected chi connectivity index (χ2v) is 9.87. The minimum Gasteiger partial charge on any atom is -0.289 e. The van der Waals surface area contributed by atoms with Gasteiger partial charge in [0.2, 0.25) is 0 Å². The highest BCUT2D eigenvalue weighted by atomic mass is 32.2. The normalized spacial score (nSPS) is 27.5. The molecule has 0 bridgehead atoms. The van der Waals surface area contributed by atoms with Crippen molar-refractivity contribution in [3.63, 3.8) is 0 Å². The molecule has 2 atom stereocenters. The molecule has 0 amide bonds. The van der Waals surface area contributed by atoms with Crippen LogP contribution in [0.1, 0.15) is 36.1 Å². The third-order valence-electron chi connectivity index (χ3n) is 4.85. The fourth-order valence-corrected chi connectivity index (χ4v) is 5.22. The van der Waals surface area contributed by atoms with E-state index in [-0.39, 0.29) is 9.74 Å². The SMILES string of the molecule is Cc1ccc(C2=NNC(C)(C3(C)NN=C(c4ccc(C)cc4)S3)S2)cc1. The van der Waals surface area contributed by atoms with Gasteiger partial charge in [0.15, 0.2) is 0 Å². The molecule has 0 aliphatic carbocycles. The van der Waals surface area contributed by atoms with Gasteiger partial charge in [0.25, 0.3) is 0 Å². The number of hydrogen-bond acceptors (Lipinski definition) is 6. The predicted octanol–water partition coefficient (Wildman–Crippen LogP) is 4.43. The monoisotopic (exact) mass is 382 g/mol. The maximum atomic E-state index is 4.61. The average molecular weight is 383 g/mol. The highest BCUT2D eigenvalue weighted by molar-refractivity contribution is 8.19. The topological polar surface area (TPSA) is 48.8 Å².